The van der Waals surface area contributed by atoms with Crippen molar-refractivity contribution in [2.24, 2.45) is 5.92 Å². The molecule has 2 unspecified atom stereocenters. The third kappa shape index (κ3) is 3.27. The zero-order chi connectivity index (χ0) is 13.1. The normalized spacial score (nSPS) is 23.1. The quantitative estimate of drug-likeness (QED) is 0.836. The predicted octanol–water partition coefficient (Wildman–Crippen LogP) is 3.94. The average molecular weight is 331 g/mol. The van der Waals surface area contributed by atoms with Gasteiger partial charge in [0.25, 0.3) is 5.91 Å². The van der Waals surface area contributed by atoms with E-state index in [-0.39, 0.29) is 5.91 Å². The van der Waals surface area contributed by atoms with Crippen LogP contribution in [0.4, 0.5) is 0 Å². The second-order valence-corrected chi connectivity index (χ2v) is 6.49. The summed E-state index contributed by atoms with van der Waals surface area (Å²) < 4.78 is 0. The van der Waals surface area contributed by atoms with Gasteiger partial charge in [-0.1, -0.05) is 34.0 Å². The van der Waals surface area contributed by atoms with Gasteiger partial charge in [-0.2, -0.15) is 0 Å². The summed E-state index contributed by atoms with van der Waals surface area (Å²) in [4.78, 5) is 12.6. The maximum absolute atomic E-state index is 12.1. The maximum Gasteiger partial charge on any atom is 0.251 e. The first-order valence-corrected chi connectivity index (χ1v) is 7.55. The minimum absolute atomic E-state index is 0.00392. The first-order valence-electron chi connectivity index (χ1n) is 6.26. The Hall–Kier alpha value is -0.540. The van der Waals surface area contributed by atoms with E-state index in [4.69, 9.17) is 11.6 Å². The molecule has 1 N–H and O–H groups in total. The average Bonchev–Trinajstić information content (AvgIpc) is 2.72. The molecule has 1 fully saturated rings. The van der Waals surface area contributed by atoms with Crippen molar-refractivity contribution in [1.82, 2.24) is 5.32 Å². The standard InChI is InChI=1S/C14H17BrClNO/c1-9-7-11(16)5-6-12(9)14(18)17-8-10-3-2-4-13(10)15/h5-7,10,13H,2-4,8H2,1H3,(H,17,18). The van der Waals surface area contributed by atoms with Gasteiger partial charge >= 0.3 is 0 Å². The number of carbonyl (C=O) groups is 1. The summed E-state index contributed by atoms with van der Waals surface area (Å²) in [6, 6.07) is 5.36. The van der Waals surface area contributed by atoms with Gasteiger partial charge in [0.15, 0.2) is 0 Å². The Morgan fingerprint density at radius 2 is 2.28 bits per heavy atom. The van der Waals surface area contributed by atoms with Crippen molar-refractivity contribution in [1.29, 1.82) is 0 Å². The largest absolute Gasteiger partial charge is 0.352 e. The van der Waals surface area contributed by atoms with Crippen molar-refractivity contribution in [2.75, 3.05) is 6.54 Å². The fourth-order valence-corrected chi connectivity index (χ4v) is 3.42. The summed E-state index contributed by atoms with van der Waals surface area (Å²) >= 11 is 9.55. The van der Waals surface area contributed by atoms with Crippen LogP contribution in [0.15, 0.2) is 18.2 Å². The van der Waals surface area contributed by atoms with E-state index in [1.807, 2.05) is 13.0 Å². The van der Waals surface area contributed by atoms with Crippen LogP contribution < -0.4 is 5.32 Å². The molecular weight excluding hydrogens is 314 g/mol. The van der Waals surface area contributed by atoms with Gasteiger partial charge in [-0.25, -0.2) is 0 Å². The fourth-order valence-electron chi connectivity index (χ4n) is 2.42. The molecule has 0 radical (unpaired) electrons. The third-order valence-electron chi connectivity index (χ3n) is 3.52. The SMILES string of the molecule is Cc1cc(Cl)ccc1C(=O)NCC1CCCC1Br. The lowest BCUT2D eigenvalue weighted by molar-refractivity contribution is 0.0947. The van der Waals surface area contributed by atoms with E-state index in [0.717, 1.165) is 12.1 Å². The molecule has 0 aliphatic heterocycles. The third-order valence-corrected chi connectivity index (χ3v) is 4.96. The Morgan fingerprint density at radius 1 is 1.50 bits per heavy atom. The number of benzene rings is 1. The highest BCUT2D eigenvalue weighted by Crippen LogP contribution is 2.30. The Morgan fingerprint density at radius 3 is 2.89 bits per heavy atom. The highest BCUT2D eigenvalue weighted by atomic mass is 79.9. The topological polar surface area (TPSA) is 29.1 Å². The molecule has 0 aromatic heterocycles. The van der Waals surface area contributed by atoms with Crippen LogP contribution in [0.2, 0.25) is 5.02 Å². The molecule has 1 aromatic rings. The highest BCUT2D eigenvalue weighted by molar-refractivity contribution is 9.09. The number of amides is 1. The summed E-state index contributed by atoms with van der Waals surface area (Å²) in [6.07, 6.45) is 3.65. The summed E-state index contributed by atoms with van der Waals surface area (Å²) in [5.74, 6) is 0.553. The number of aryl methyl sites for hydroxylation is 1. The smallest absolute Gasteiger partial charge is 0.251 e. The van der Waals surface area contributed by atoms with Gasteiger partial charge in [-0.15, -0.1) is 0 Å². The van der Waals surface area contributed by atoms with Crippen molar-refractivity contribution in [3.63, 3.8) is 0 Å². The van der Waals surface area contributed by atoms with Crippen molar-refractivity contribution in [2.45, 2.75) is 31.0 Å². The molecule has 1 aliphatic carbocycles. The maximum atomic E-state index is 12.1. The van der Waals surface area contributed by atoms with Crippen molar-refractivity contribution < 1.29 is 4.79 Å². The molecule has 2 atom stereocenters. The summed E-state index contributed by atoms with van der Waals surface area (Å²) in [5, 5.41) is 3.69. The number of halogens is 2. The van der Waals surface area contributed by atoms with E-state index in [2.05, 4.69) is 21.2 Å². The monoisotopic (exact) mass is 329 g/mol. The Labute approximate surface area is 121 Å². The molecule has 0 spiro atoms. The van der Waals surface area contributed by atoms with Gasteiger partial charge in [0.05, 0.1) is 0 Å². The Balaban J connectivity index is 1.95. The number of hydrogen-bond donors (Lipinski definition) is 1. The van der Waals surface area contributed by atoms with Crippen LogP contribution in [-0.4, -0.2) is 17.3 Å². The first kappa shape index (κ1) is 13.9. The number of carbonyl (C=O) groups excluding carboxylic acids is 1. The van der Waals surface area contributed by atoms with Crippen LogP contribution in [0.5, 0.6) is 0 Å². The second-order valence-electron chi connectivity index (χ2n) is 4.88. The molecule has 2 nitrogen and oxygen atoms in total. The molecule has 0 saturated heterocycles. The van der Waals surface area contributed by atoms with Crippen LogP contribution in [-0.2, 0) is 0 Å². The molecule has 1 aliphatic rings. The molecular formula is C14H17BrClNO. The van der Waals surface area contributed by atoms with Gasteiger partial charge in [-0.3, -0.25) is 4.79 Å². The van der Waals surface area contributed by atoms with Crippen LogP contribution in [0.3, 0.4) is 0 Å². The van der Waals surface area contributed by atoms with E-state index in [1.54, 1.807) is 12.1 Å². The van der Waals surface area contributed by atoms with E-state index in [9.17, 15) is 4.79 Å². The summed E-state index contributed by atoms with van der Waals surface area (Å²) in [5.41, 5.74) is 1.63. The van der Waals surface area contributed by atoms with Gasteiger partial charge in [0.1, 0.15) is 0 Å². The lowest BCUT2D eigenvalue weighted by Crippen LogP contribution is -2.31. The van der Waals surface area contributed by atoms with Crippen molar-refractivity contribution >= 4 is 33.4 Å². The van der Waals surface area contributed by atoms with E-state index >= 15 is 0 Å². The van der Waals surface area contributed by atoms with Crippen molar-refractivity contribution in [3.05, 3.63) is 34.3 Å². The van der Waals surface area contributed by atoms with Crippen LogP contribution >= 0.6 is 27.5 Å². The minimum Gasteiger partial charge on any atom is -0.352 e. The van der Waals surface area contributed by atoms with E-state index in [0.29, 0.717) is 21.3 Å². The van der Waals surface area contributed by atoms with Gasteiger partial charge in [-0.05, 0) is 49.4 Å². The Kier molecular flexibility index (Phi) is 4.68. The Bertz CT molecular complexity index is 449. The van der Waals surface area contributed by atoms with E-state index in [1.165, 1.54) is 19.3 Å². The molecule has 0 heterocycles. The lowest BCUT2D eigenvalue weighted by atomic mass is 10.1. The van der Waals surface area contributed by atoms with Gasteiger partial charge < -0.3 is 5.32 Å². The molecule has 1 amide bonds. The lowest BCUT2D eigenvalue weighted by Gasteiger charge is -2.15. The zero-order valence-corrected chi connectivity index (χ0v) is 12.7. The minimum atomic E-state index is -0.00392. The number of hydrogen-bond acceptors (Lipinski definition) is 1. The fraction of sp³-hybridized carbons (Fsp3) is 0.500. The predicted molar refractivity (Wildman–Crippen MR) is 78.6 cm³/mol. The molecule has 98 valence electrons. The van der Waals surface area contributed by atoms with Crippen LogP contribution in [0, 0.1) is 12.8 Å². The molecule has 4 heteroatoms. The molecule has 2 rings (SSSR count). The number of alkyl halides is 1. The zero-order valence-electron chi connectivity index (χ0n) is 10.4. The first-order chi connectivity index (χ1) is 8.58. The number of nitrogens with one attached hydrogen (secondary N) is 1. The van der Waals surface area contributed by atoms with Crippen LogP contribution in [0.1, 0.15) is 35.2 Å². The second kappa shape index (κ2) is 6.07. The van der Waals surface area contributed by atoms with Gasteiger partial charge in [0.2, 0.25) is 0 Å². The highest BCUT2D eigenvalue weighted by Gasteiger charge is 2.25. The van der Waals surface area contributed by atoms with Crippen molar-refractivity contribution in [3.8, 4) is 0 Å². The summed E-state index contributed by atoms with van der Waals surface area (Å²) in [7, 11) is 0. The van der Waals surface area contributed by atoms with Gasteiger partial charge in [0, 0.05) is 22.0 Å². The number of rotatable bonds is 3. The molecule has 1 aromatic carbocycles. The van der Waals surface area contributed by atoms with E-state index < -0.39 is 0 Å². The molecule has 0 bridgehead atoms. The summed E-state index contributed by atoms with van der Waals surface area (Å²) in [6.45, 7) is 2.65. The molecule has 18 heavy (non-hydrogen) atoms. The van der Waals surface area contributed by atoms with Crippen LogP contribution in [0.25, 0.3) is 0 Å². The molecule has 1 saturated carbocycles.